The van der Waals surface area contributed by atoms with Crippen molar-refractivity contribution in [1.82, 2.24) is 0 Å². The molecule has 2 nitrogen and oxygen atoms in total. The summed E-state index contributed by atoms with van der Waals surface area (Å²) in [6, 6.07) is 75.7. The molecule has 0 atom stereocenters. The SMILES string of the molecule is c1ccc(-c2ccc(-c3ccc(N(c4ccc(-c5cccc(-c6ccccc6)c5)cc4)c4cccc5c4oc4ccc6ccccc6c45)cc3)cc2)cc1. The molecule has 2 heteroatoms. The van der Waals surface area contributed by atoms with Gasteiger partial charge in [0.05, 0.1) is 5.69 Å². The fourth-order valence-electron chi connectivity index (χ4n) is 7.76. The smallest absolute Gasteiger partial charge is 0.159 e. The third kappa shape index (κ3) is 5.71. The molecule has 1 aromatic heterocycles. The summed E-state index contributed by atoms with van der Waals surface area (Å²) in [5.41, 5.74) is 14.4. The van der Waals surface area contributed by atoms with Crippen molar-refractivity contribution >= 4 is 49.8 Å². The summed E-state index contributed by atoms with van der Waals surface area (Å²) in [6.45, 7) is 0. The Morgan fingerprint density at radius 1 is 0.315 bits per heavy atom. The lowest BCUT2D eigenvalue weighted by Gasteiger charge is -2.26. The first-order chi connectivity index (χ1) is 26.8. The molecule has 0 radical (unpaired) electrons. The van der Waals surface area contributed by atoms with Crippen LogP contribution in [-0.4, -0.2) is 0 Å². The van der Waals surface area contributed by atoms with Gasteiger partial charge >= 0.3 is 0 Å². The van der Waals surface area contributed by atoms with Gasteiger partial charge in [0.1, 0.15) is 5.58 Å². The van der Waals surface area contributed by atoms with E-state index < -0.39 is 0 Å². The topological polar surface area (TPSA) is 16.4 Å². The zero-order valence-electron chi connectivity index (χ0n) is 29.6. The summed E-state index contributed by atoms with van der Waals surface area (Å²) >= 11 is 0. The van der Waals surface area contributed by atoms with Gasteiger partial charge in [0.2, 0.25) is 0 Å². The lowest BCUT2D eigenvalue weighted by molar-refractivity contribution is 0.669. The molecule has 9 aromatic carbocycles. The summed E-state index contributed by atoms with van der Waals surface area (Å²) < 4.78 is 6.76. The third-order valence-corrected chi connectivity index (χ3v) is 10.5. The number of anilines is 3. The average Bonchev–Trinajstić information content (AvgIpc) is 3.65. The van der Waals surface area contributed by atoms with Gasteiger partial charge in [-0.1, -0.05) is 170 Å². The number of para-hydroxylation sites is 1. The first-order valence-corrected chi connectivity index (χ1v) is 18.4. The van der Waals surface area contributed by atoms with Crippen molar-refractivity contribution in [1.29, 1.82) is 0 Å². The van der Waals surface area contributed by atoms with Crippen molar-refractivity contribution in [3.8, 4) is 44.5 Å². The maximum Gasteiger partial charge on any atom is 0.159 e. The number of hydrogen-bond donors (Lipinski definition) is 0. The van der Waals surface area contributed by atoms with Crippen molar-refractivity contribution in [2.24, 2.45) is 0 Å². The van der Waals surface area contributed by atoms with Crippen molar-refractivity contribution in [2.75, 3.05) is 4.90 Å². The zero-order chi connectivity index (χ0) is 35.8. The van der Waals surface area contributed by atoms with Crippen LogP contribution in [-0.2, 0) is 0 Å². The van der Waals surface area contributed by atoms with E-state index in [9.17, 15) is 0 Å². The standard InChI is InChI=1S/C52H35NO/c1-3-11-36(12-4-1)38-21-23-39(24-22-38)40-25-30-45(31-26-40)53(46-32-27-41(28-33-46)44-17-9-16-43(35-44)37-13-5-2-6-14-37)49-20-10-19-48-51-47-18-8-7-15-42(47)29-34-50(51)54-52(48)49/h1-35H. The van der Waals surface area contributed by atoms with Gasteiger partial charge in [-0.25, -0.2) is 0 Å². The van der Waals surface area contributed by atoms with Crippen LogP contribution in [0.1, 0.15) is 0 Å². The normalized spacial score (nSPS) is 11.3. The molecule has 0 amide bonds. The van der Waals surface area contributed by atoms with Gasteiger partial charge in [-0.15, -0.1) is 0 Å². The lowest BCUT2D eigenvalue weighted by Crippen LogP contribution is -2.10. The summed E-state index contributed by atoms with van der Waals surface area (Å²) in [5, 5.41) is 4.65. The van der Waals surface area contributed by atoms with Crippen LogP contribution in [0.15, 0.2) is 217 Å². The molecule has 10 aromatic rings. The molecule has 0 spiro atoms. The molecular weight excluding hydrogens is 655 g/mol. The largest absolute Gasteiger partial charge is 0.454 e. The Morgan fingerprint density at radius 2 is 0.759 bits per heavy atom. The third-order valence-electron chi connectivity index (χ3n) is 10.5. The summed E-state index contributed by atoms with van der Waals surface area (Å²) in [6.07, 6.45) is 0. The second kappa shape index (κ2) is 13.4. The zero-order valence-corrected chi connectivity index (χ0v) is 29.6. The van der Waals surface area contributed by atoms with Crippen LogP contribution < -0.4 is 4.90 Å². The van der Waals surface area contributed by atoms with Crippen molar-refractivity contribution in [2.45, 2.75) is 0 Å². The quantitative estimate of drug-likeness (QED) is 0.166. The molecule has 0 N–H and O–H groups in total. The predicted molar refractivity (Wildman–Crippen MR) is 228 cm³/mol. The highest BCUT2D eigenvalue weighted by molar-refractivity contribution is 6.21. The van der Waals surface area contributed by atoms with Gasteiger partial charge in [-0.2, -0.15) is 0 Å². The van der Waals surface area contributed by atoms with Crippen LogP contribution in [0, 0.1) is 0 Å². The molecule has 54 heavy (non-hydrogen) atoms. The average molecular weight is 690 g/mol. The molecule has 254 valence electrons. The molecule has 0 aliphatic rings. The van der Waals surface area contributed by atoms with E-state index in [0.717, 1.165) is 39.0 Å². The van der Waals surface area contributed by atoms with Gasteiger partial charge in [0.15, 0.2) is 5.58 Å². The number of rotatable bonds is 7. The molecule has 0 unspecified atom stereocenters. The Hall–Kier alpha value is -7.16. The van der Waals surface area contributed by atoms with E-state index in [0.29, 0.717) is 0 Å². The molecule has 0 saturated heterocycles. The van der Waals surface area contributed by atoms with Crippen molar-refractivity contribution in [3.05, 3.63) is 212 Å². The second-order valence-corrected chi connectivity index (χ2v) is 13.7. The van der Waals surface area contributed by atoms with E-state index in [1.165, 1.54) is 55.3 Å². The number of furan rings is 1. The summed E-state index contributed by atoms with van der Waals surface area (Å²) in [4.78, 5) is 2.32. The number of fused-ring (bicyclic) bond motifs is 5. The first-order valence-electron chi connectivity index (χ1n) is 18.4. The molecule has 10 rings (SSSR count). The molecule has 0 aliphatic carbocycles. The van der Waals surface area contributed by atoms with Crippen LogP contribution >= 0.6 is 0 Å². The van der Waals surface area contributed by atoms with Crippen LogP contribution in [0.3, 0.4) is 0 Å². The van der Waals surface area contributed by atoms with Gasteiger partial charge < -0.3 is 9.32 Å². The van der Waals surface area contributed by atoms with E-state index in [1.54, 1.807) is 0 Å². The summed E-state index contributed by atoms with van der Waals surface area (Å²) in [7, 11) is 0. The minimum Gasteiger partial charge on any atom is -0.454 e. The lowest BCUT2D eigenvalue weighted by atomic mass is 9.98. The molecular formula is C52H35NO. The minimum atomic E-state index is 0.865. The monoisotopic (exact) mass is 689 g/mol. The number of benzene rings is 9. The summed E-state index contributed by atoms with van der Waals surface area (Å²) in [5.74, 6) is 0. The van der Waals surface area contributed by atoms with E-state index in [2.05, 4.69) is 217 Å². The molecule has 1 heterocycles. The predicted octanol–water partition coefficient (Wildman–Crippen LogP) is 14.9. The van der Waals surface area contributed by atoms with Crippen molar-refractivity contribution < 1.29 is 4.42 Å². The maximum absolute atomic E-state index is 6.76. The highest BCUT2D eigenvalue weighted by Gasteiger charge is 2.20. The van der Waals surface area contributed by atoms with E-state index >= 15 is 0 Å². The van der Waals surface area contributed by atoms with Crippen LogP contribution in [0.5, 0.6) is 0 Å². The van der Waals surface area contributed by atoms with E-state index in [1.807, 2.05) is 0 Å². The van der Waals surface area contributed by atoms with Crippen molar-refractivity contribution in [3.63, 3.8) is 0 Å². The van der Waals surface area contributed by atoms with Crippen LogP contribution in [0.25, 0.3) is 77.2 Å². The van der Waals surface area contributed by atoms with Gasteiger partial charge in [0.25, 0.3) is 0 Å². The highest BCUT2D eigenvalue weighted by atomic mass is 16.3. The Morgan fingerprint density at radius 3 is 1.37 bits per heavy atom. The maximum atomic E-state index is 6.76. The fraction of sp³-hybridized carbons (Fsp3) is 0. The number of hydrogen-bond acceptors (Lipinski definition) is 2. The Bertz CT molecular complexity index is 2890. The van der Waals surface area contributed by atoms with Crippen LogP contribution in [0.4, 0.5) is 17.1 Å². The fourth-order valence-corrected chi connectivity index (χ4v) is 7.76. The Balaban J connectivity index is 1.07. The van der Waals surface area contributed by atoms with Gasteiger partial charge in [0, 0.05) is 22.1 Å². The Labute approximate surface area is 314 Å². The Kier molecular flexibility index (Phi) is 7.85. The molecule has 0 bridgehead atoms. The molecule has 0 aliphatic heterocycles. The molecule has 0 fully saturated rings. The number of nitrogens with zero attached hydrogens (tertiary/aromatic N) is 1. The van der Waals surface area contributed by atoms with E-state index in [4.69, 9.17) is 4.42 Å². The van der Waals surface area contributed by atoms with Gasteiger partial charge in [-0.3, -0.25) is 0 Å². The molecule has 0 saturated carbocycles. The first kappa shape index (κ1) is 31.6. The minimum absolute atomic E-state index is 0.865. The highest BCUT2D eigenvalue weighted by Crippen LogP contribution is 2.44. The van der Waals surface area contributed by atoms with Gasteiger partial charge in [-0.05, 0) is 97.7 Å². The second-order valence-electron chi connectivity index (χ2n) is 13.7. The van der Waals surface area contributed by atoms with E-state index in [-0.39, 0.29) is 0 Å². The van der Waals surface area contributed by atoms with Crippen LogP contribution in [0.2, 0.25) is 0 Å².